The van der Waals surface area contributed by atoms with Crippen LogP contribution >= 0.6 is 0 Å². The Kier molecular flexibility index (Phi) is 5.59. The van der Waals surface area contributed by atoms with E-state index in [0.717, 1.165) is 16.7 Å². The van der Waals surface area contributed by atoms with Gasteiger partial charge in [-0.2, -0.15) is 4.98 Å². The van der Waals surface area contributed by atoms with Crippen LogP contribution in [0.4, 0.5) is 5.69 Å². The van der Waals surface area contributed by atoms with E-state index in [4.69, 9.17) is 4.52 Å². The zero-order valence-corrected chi connectivity index (χ0v) is 17.6. The van der Waals surface area contributed by atoms with Gasteiger partial charge in [-0.25, -0.2) is 0 Å². The largest absolute Gasteiger partial charge is 0.337 e. The fraction of sp³-hybridized carbons (Fsp3) is 0.167. The summed E-state index contributed by atoms with van der Waals surface area (Å²) in [5.74, 6) is 0.222. The van der Waals surface area contributed by atoms with Gasteiger partial charge in [0.2, 0.25) is 17.6 Å². The van der Waals surface area contributed by atoms with E-state index in [2.05, 4.69) is 25.4 Å². The van der Waals surface area contributed by atoms with Gasteiger partial charge in [-0.05, 0) is 48.0 Å². The molecule has 1 saturated heterocycles. The summed E-state index contributed by atoms with van der Waals surface area (Å²) in [5.41, 5.74) is 3.07. The lowest BCUT2D eigenvalue weighted by Gasteiger charge is -2.16. The third-order valence-corrected chi connectivity index (χ3v) is 5.43. The maximum absolute atomic E-state index is 12.7. The van der Waals surface area contributed by atoms with Crippen LogP contribution in [0.2, 0.25) is 0 Å². The third-order valence-electron chi connectivity index (χ3n) is 5.43. The fourth-order valence-corrected chi connectivity index (χ4v) is 3.71. The maximum Gasteiger partial charge on any atom is 0.258 e. The maximum atomic E-state index is 12.7. The molecule has 0 bridgehead atoms. The van der Waals surface area contributed by atoms with Gasteiger partial charge >= 0.3 is 0 Å². The van der Waals surface area contributed by atoms with Gasteiger partial charge in [0.05, 0.1) is 5.92 Å². The number of aromatic nitrogens is 4. The molecule has 0 spiro atoms. The summed E-state index contributed by atoms with van der Waals surface area (Å²) in [5, 5.41) is 6.89. The van der Waals surface area contributed by atoms with Crippen LogP contribution in [0.25, 0.3) is 22.8 Å². The molecule has 4 aromatic rings. The highest BCUT2D eigenvalue weighted by Crippen LogP contribution is 2.25. The standard InChI is InChI=1S/C24H20N6O3/c31-21-11-19(15-30(21)14-16-3-1-9-25-12-16)23(32)27-20-7-5-17(6-8-20)24-28-22(29-33-24)18-4-2-10-26-13-18/h1-10,12-13,19H,11,14-15H2,(H,27,32). The Bertz CT molecular complexity index is 1260. The van der Waals surface area contributed by atoms with Crippen LogP contribution < -0.4 is 5.32 Å². The van der Waals surface area contributed by atoms with Crippen molar-refractivity contribution in [1.29, 1.82) is 0 Å². The van der Waals surface area contributed by atoms with Crippen molar-refractivity contribution in [2.24, 2.45) is 5.92 Å². The van der Waals surface area contributed by atoms with Crippen molar-refractivity contribution in [3.05, 3.63) is 78.9 Å². The smallest absolute Gasteiger partial charge is 0.258 e. The Labute approximate surface area is 189 Å². The van der Waals surface area contributed by atoms with Crippen molar-refractivity contribution >= 4 is 17.5 Å². The summed E-state index contributed by atoms with van der Waals surface area (Å²) in [6, 6.07) is 14.5. The Morgan fingerprint density at radius 1 is 1.03 bits per heavy atom. The number of hydrogen-bond donors (Lipinski definition) is 1. The Morgan fingerprint density at radius 3 is 2.55 bits per heavy atom. The van der Waals surface area contributed by atoms with Crippen LogP contribution in [0, 0.1) is 5.92 Å². The van der Waals surface area contributed by atoms with Crippen molar-refractivity contribution in [3.63, 3.8) is 0 Å². The van der Waals surface area contributed by atoms with E-state index >= 15 is 0 Å². The minimum atomic E-state index is -0.396. The highest BCUT2D eigenvalue weighted by Gasteiger charge is 2.34. The summed E-state index contributed by atoms with van der Waals surface area (Å²) in [6.07, 6.45) is 6.96. The first-order chi connectivity index (χ1) is 16.2. The fourth-order valence-electron chi connectivity index (χ4n) is 3.71. The van der Waals surface area contributed by atoms with E-state index in [1.54, 1.807) is 60.0 Å². The average molecular weight is 440 g/mol. The summed E-state index contributed by atoms with van der Waals surface area (Å²) in [6.45, 7) is 0.840. The molecule has 3 aromatic heterocycles. The van der Waals surface area contributed by atoms with Gasteiger partial charge in [0.1, 0.15) is 0 Å². The molecule has 4 heterocycles. The topological polar surface area (TPSA) is 114 Å². The molecule has 2 amide bonds. The number of benzene rings is 1. The van der Waals surface area contributed by atoms with Crippen molar-refractivity contribution in [2.75, 3.05) is 11.9 Å². The zero-order chi connectivity index (χ0) is 22.6. The molecule has 1 aromatic carbocycles. The number of pyridine rings is 2. The lowest BCUT2D eigenvalue weighted by molar-refractivity contribution is -0.128. The first-order valence-electron chi connectivity index (χ1n) is 10.5. The molecule has 1 aliphatic rings. The number of rotatable bonds is 6. The first-order valence-corrected chi connectivity index (χ1v) is 10.5. The van der Waals surface area contributed by atoms with E-state index in [9.17, 15) is 9.59 Å². The van der Waals surface area contributed by atoms with E-state index in [-0.39, 0.29) is 18.2 Å². The summed E-state index contributed by atoms with van der Waals surface area (Å²) < 4.78 is 5.36. The molecule has 0 saturated carbocycles. The number of likely N-dealkylation sites (tertiary alicyclic amines) is 1. The van der Waals surface area contributed by atoms with Gasteiger partial charge in [-0.15, -0.1) is 0 Å². The lowest BCUT2D eigenvalue weighted by atomic mass is 10.1. The van der Waals surface area contributed by atoms with Crippen molar-refractivity contribution in [3.8, 4) is 22.8 Å². The van der Waals surface area contributed by atoms with Crippen LogP contribution in [0.5, 0.6) is 0 Å². The Balaban J connectivity index is 1.20. The van der Waals surface area contributed by atoms with Crippen LogP contribution in [-0.2, 0) is 16.1 Å². The number of hydrogen-bond acceptors (Lipinski definition) is 7. The molecule has 5 rings (SSSR count). The summed E-state index contributed by atoms with van der Waals surface area (Å²) in [7, 11) is 0. The minimum absolute atomic E-state index is 0.0323. The molecule has 0 aliphatic carbocycles. The number of anilines is 1. The summed E-state index contributed by atoms with van der Waals surface area (Å²) >= 11 is 0. The molecule has 1 atom stereocenters. The molecule has 1 unspecified atom stereocenters. The second kappa shape index (κ2) is 8.99. The SMILES string of the molecule is O=C(Nc1ccc(-c2nc(-c3cccnc3)no2)cc1)C1CC(=O)N(Cc2cccnc2)C1. The van der Waals surface area contributed by atoms with E-state index in [1.807, 2.05) is 18.2 Å². The number of carbonyl (C=O) groups is 2. The number of nitrogens with zero attached hydrogens (tertiary/aromatic N) is 5. The monoisotopic (exact) mass is 440 g/mol. The zero-order valence-electron chi connectivity index (χ0n) is 17.6. The first kappa shape index (κ1) is 20.5. The van der Waals surface area contributed by atoms with Crippen molar-refractivity contribution in [2.45, 2.75) is 13.0 Å². The van der Waals surface area contributed by atoms with Crippen molar-refractivity contribution < 1.29 is 14.1 Å². The molecular weight excluding hydrogens is 420 g/mol. The van der Waals surface area contributed by atoms with Gasteiger partial charge in [0.25, 0.3) is 5.89 Å². The van der Waals surface area contributed by atoms with E-state index in [0.29, 0.717) is 30.5 Å². The molecule has 9 nitrogen and oxygen atoms in total. The Morgan fingerprint density at radius 2 is 1.82 bits per heavy atom. The van der Waals surface area contributed by atoms with Gasteiger partial charge in [-0.1, -0.05) is 11.2 Å². The second-order valence-electron chi connectivity index (χ2n) is 7.77. The number of nitrogens with one attached hydrogen (secondary N) is 1. The quantitative estimate of drug-likeness (QED) is 0.490. The molecule has 1 N–H and O–H groups in total. The number of carbonyl (C=O) groups excluding carboxylic acids is 2. The van der Waals surface area contributed by atoms with Crippen LogP contribution in [0.15, 0.2) is 77.8 Å². The van der Waals surface area contributed by atoms with Crippen LogP contribution in [-0.4, -0.2) is 43.4 Å². The van der Waals surface area contributed by atoms with Crippen LogP contribution in [0.1, 0.15) is 12.0 Å². The highest BCUT2D eigenvalue weighted by atomic mass is 16.5. The van der Waals surface area contributed by atoms with Gasteiger partial charge in [-0.3, -0.25) is 19.6 Å². The molecule has 164 valence electrons. The predicted octanol–water partition coefficient (Wildman–Crippen LogP) is 3.18. The molecule has 1 fully saturated rings. The normalized spacial score (nSPS) is 15.6. The average Bonchev–Trinajstić information content (AvgIpc) is 3.48. The van der Waals surface area contributed by atoms with E-state index < -0.39 is 5.92 Å². The van der Waals surface area contributed by atoms with Crippen molar-refractivity contribution in [1.82, 2.24) is 25.0 Å². The highest BCUT2D eigenvalue weighted by molar-refractivity contribution is 5.97. The molecule has 33 heavy (non-hydrogen) atoms. The second-order valence-corrected chi connectivity index (χ2v) is 7.77. The number of amides is 2. The van der Waals surface area contributed by atoms with E-state index in [1.165, 1.54) is 0 Å². The van der Waals surface area contributed by atoms with Crippen LogP contribution in [0.3, 0.4) is 0 Å². The third kappa shape index (κ3) is 4.62. The van der Waals surface area contributed by atoms with Gasteiger partial charge in [0, 0.05) is 61.1 Å². The Hall–Kier alpha value is -4.40. The lowest BCUT2D eigenvalue weighted by Crippen LogP contribution is -2.28. The molecule has 0 radical (unpaired) electrons. The molecular formula is C24H20N6O3. The summed E-state index contributed by atoms with van der Waals surface area (Å²) in [4.78, 5) is 39.3. The molecule has 1 aliphatic heterocycles. The van der Waals surface area contributed by atoms with Gasteiger partial charge in [0.15, 0.2) is 0 Å². The molecule has 9 heteroatoms. The predicted molar refractivity (Wildman–Crippen MR) is 119 cm³/mol. The van der Waals surface area contributed by atoms with Gasteiger partial charge < -0.3 is 14.7 Å². The minimum Gasteiger partial charge on any atom is -0.337 e.